The Morgan fingerprint density at radius 3 is 2.77 bits per heavy atom. The molecule has 1 N–H and O–H groups in total. The molecule has 2 heterocycles. The maximum absolute atomic E-state index is 13.9. The minimum absolute atomic E-state index is 0.0731. The van der Waals surface area contributed by atoms with E-state index < -0.39 is 17.5 Å². The number of carbonyl (C=O) groups excluding carboxylic acids is 1. The third-order valence-electron chi connectivity index (χ3n) is 5.32. The van der Waals surface area contributed by atoms with Crippen LogP contribution >= 0.6 is 11.3 Å². The summed E-state index contributed by atoms with van der Waals surface area (Å²) in [5.41, 5.74) is 5.15. The van der Waals surface area contributed by atoms with Gasteiger partial charge in [-0.25, -0.2) is 13.8 Å². The van der Waals surface area contributed by atoms with Crippen LogP contribution in [-0.2, 0) is 19.9 Å². The first-order chi connectivity index (χ1) is 15.0. The maximum atomic E-state index is 13.9. The van der Waals surface area contributed by atoms with Crippen LogP contribution in [0.1, 0.15) is 27.5 Å². The first-order valence-electron chi connectivity index (χ1n) is 9.86. The molecule has 5 rings (SSSR count). The number of nitrogens with one attached hydrogen (secondary N) is 1. The fraction of sp³-hybridized carbons (Fsp3) is 0.174. The Morgan fingerprint density at radius 2 is 2.00 bits per heavy atom. The molecule has 1 amide bonds. The van der Waals surface area contributed by atoms with E-state index in [4.69, 9.17) is 0 Å². The van der Waals surface area contributed by atoms with Crippen LogP contribution in [0, 0.1) is 11.6 Å². The predicted molar refractivity (Wildman–Crippen MR) is 116 cm³/mol. The Morgan fingerprint density at radius 1 is 1.13 bits per heavy atom. The lowest BCUT2D eigenvalue weighted by Crippen LogP contribution is -2.13. The number of aryl methyl sites for hydroxylation is 3. The highest BCUT2D eigenvalue weighted by molar-refractivity contribution is 7.17. The molecule has 31 heavy (non-hydrogen) atoms. The summed E-state index contributed by atoms with van der Waals surface area (Å²) in [6, 6.07) is 9.38. The molecule has 0 bridgehead atoms. The van der Waals surface area contributed by atoms with Crippen LogP contribution in [0.5, 0.6) is 0 Å². The zero-order valence-electron chi connectivity index (χ0n) is 16.7. The number of fused-ring (bicyclic) bond motifs is 3. The van der Waals surface area contributed by atoms with Gasteiger partial charge < -0.3 is 5.32 Å². The average Bonchev–Trinajstić information content (AvgIpc) is 3.33. The highest BCUT2D eigenvalue weighted by atomic mass is 32.1. The number of rotatable bonds is 3. The molecule has 5 nitrogen and oxygen atoms in total. The molecule has 0 radical (unpaired) electrons. The van der Waals surface area contributed by atoms with E-state index in [2.05, 4.69) is 33.6 Å². The molecule has 0 atom stereocenters. The molecule has 0 saturated heterocycles. The van der Waals surface area contributed by atoms with Crippen molar-refractivity contribution in [2.45, 2.75) is 19.3 Å². The van der Waals surface area contributed by atoms with Gasteiger partial charge in [-0.3, -0.25) is 9.48 Å². The molecule has 0 unspecified atom stereocenters. The Balaban J connectivity index is 1.51. The number of aromatic nitrogens is 3. The van der Waals surface area contributed by atoms with Gasteiger partial charge in [0.2, 0.25) is 0 Å². The molecule has 4 aromatic rings. The van der Waals surface area contributed by atoms with Gasteiger partial charge in [0.15, 0.2) is 5.01 Å². The van der Waals surface area contributed by atoms with Gasteiger partial charge in [-0.15, -0.1) is 11.3 Å². The van der Waals surface area contributed by atoms with Crippen molar-refractivity contribution in [1.29, 1.82) is 0 Å². The highest BCUT2D eigenvalue weighted by Crippen LogP contribution is 2.39. The molecule has 0 aliphatic heterocycles. The summed E-state index contributed by atoms with van der Waals surface area (Å²) in [5.74, 6) is -2.02. The number of hydrogen-bond donors (Lipinski definition) is 1. The van der Waals surface area contributed by atoms with Gasteiger partial charge >= 0.3 is 0 Å². The molecule has 8 heteroatoms. The van der Waals surface area contributed by atoms with E-state index in [1.165, 1.54) is 23.0 Å². The van der Waals surface area contributed by atoms with E-state index in [-0.39, 0.29) is 10.7 Å². The number of thiazole rings is 1. The number of nitrogens with zero attached hydrogens (tertiary/aromatic N) is 3. The van der Waals surface area contributed by atoms with Gasteiger partial charge in [0.1, 0.15) is 11.6 Å². The van der Waals surface area contributed by atoms with Gasteiger partial charge in [-0.05, 0) is 54.2 Å². The first kappa shape index (κ1) is 19.6. The zero-order valence-corrected chi connectivity index (χ0v) is 17.5. The van der Waals surface area contributed by atoms with E-state index in [9.17, 15) is 13.6 Å². The molecular formula is C23H18F2N4OS. The standard InChI is InChI=1S/C23H18F2N4OS/c1-29-12-15(11-26-29)14-6-5-13-3-2-4-20-21(17(13)9-14)31-23(28-20)22(30)27-19-8-7-16(24)10-18(19)25/h5-12H,2-4H2,1H3,(H,27,30). The Hall–Kier alpha value is -3.39. The minimum Gasteiger partial charge on any atom is -0.317 e. The summed E-state index contributed by atoms with van der Waals surface area (Å²) >= 11 is 1.30. The van der Waals surface area contributed by atoms with Crippen LogP contribution < -0.4 is 5.32 Å². The maximum Gasteiger partial charge on any atom is 0.284 e. The first-order valence-corrected chi connectivity index (χ1v) is 10.7. The SMILES string of the molecule is Cn1cc(-c2ccc3c(c2)-c2sc(C(=O)Nc4ccc(F)cc4F)nc2CCC3)cn1. The smallest absolute Gasteiger partial charge is 0.284 e. The molecule has 156 valence electrons. The van der Waals surface area contributed by atoms with Crippen molar-refractivity contribution >= 4 is 22.9 Å². The van der Waals surface area contributed by atoms with Gasteiger partial charge in [0.05, 0.1) is 22.5 Å². The number of amides is 1. The Labute approximate surface area is 181 Å². The Kier molecular flexibility index (Phi) is 4.86. The predicted octanol–water partition coefficient (Wildman–Crippen LogP) is 5.23. The van der Waals surface area contributed by atoms with Crippen LogP contribution in [0.3, 0.4) is 0 Å². The molecule has 0 fully saturated rings. The molecule has 1 aliphatic carbocycles. The summed E-state index contributed by atoms with van der Waals surface area (Å²) in [4.78, 5) is 18.2. The normalized spacial score (nSPS) is 12.7. The lowest BCUT2D eigenvalue weighted by Gasteiger charge is -2.08. The van der Waals surface area contributed by atoms with Gasteiger partial charge in [-0.2, -0.15) is 5.10 Å². The van der Waals surface area contributed by atoms with Crippen molar-refractivity contribution in [1.82, 2.24) is 14.8 Å². The van der Waals surface area contributed by atoms with Crippen LogP contribution in [-0.4, -0.2) is 20.7 Å². The lowest BCUT2D eigenvalue weighted by molar-refractivity contribution is 0.102. The fourth-order valence-electron chi connectivity index (χ4n) is 3.80. The van der Waals surface area contributed by atoms with Crippen molar-refractivity contribution in [2.24, 2.45) is 7.05 Å². The number of carbonyl (C=O) groups is 1. The Bertz CT molecular complexity index is 1310. The third-order valence-corrected chi connectivity index (χ3v) is 6.45. The topological polar surface area (TPSA) is 59.8 Å². The van der Waals surface area contributed by atoms with Gasteiger partial charge in [-0.1, -0.05) is 12.1 Å². The number of halogens is 2. The minimum atomic E-state index is -0.821. The van der Waals surface area contributed by atoms with E-state index in [1.54, 1.807) is 4.68 Å². The van der Waals surface area contributed by atoms with E-state index >= 15 is 0 Å². The lowest BCUT2D eigenvalue weighted by atomic mass is 9.99. The third kappa shape index (κ3) is 3.74. The van der Waals surface area contributed by atoms with E-state index in [0.717, 1.165) is 58.7 Å². The summed E-state index contributed by atoms with van der Waals surface area (Å²) in [7, 11) is 1.88. The second-order valence-corrected chi connectivity index (χ2v) is 8.50. The summed E-state index contributed by atoms with van der Waals surface area (Å²) in [5, 5.41) is 7.00. The van der Waals surface area contributed by atoms with Crippen molar-refractivity contribution in [2.75, 3.05) is 5.32 Å². The van der Waals surface area contributed by atoms with Gasteiger partial charge in [0.25, 0.3) is 5.91 Å². The molecule has 1 aliphatic rings. The number of benzene rings is 2. The second kappa shape index (κ2) is 7.70. The summed E-state index contributed by atoms with van der Waals surface area (Å²) < 4.78 is 28.8. The van der Waals surface area contributed by atoms with Crippen LogP contribution in [0.2, 0.25) is 0 Å². The van der Waals surface area contributed by atoms with E-state index in [1.807, 2.05) is 19.4 Å². The molecule has 0 spiro atoms. The van der Waals surface area contributed by atoms with Crippen LogP contribution in [0.15, 0.2) is 48.8 Å². The van der Waals surface area contributed by atoms with Crippen molar-refractivity contribution in [3.8, 4) is 21.6 Å². The second-order valence-electron chi connectivity index (χ2n) is 7.50. The monoisotopic (exact) mass is 436 g/mol. The number of hydrogen-bond acceptors (Lipinski definition) is 4. The number of anilines is 1. The molecule has 0 saturated carbocycles. The van der Waals surface area contributed by atoms with Crippen LogP contribution in [0.4, 0.5) is 14.5 Å². The van der Waals surface area contributed by atoms with Gasteiger partial charge in [0, 0.05) is 24.9 Å². The quantitative estimate of drug-likeness (QED) is 0.478. The van der Waals surface area contributed by atoms with Crippen molar-refractivity contribution in [3.05, 3.63) is 76.7 Å². The van der Waals surface area contributed by atoms with Crippen molar-refractivity contribution in [3.63, 3.8) is 0 Å². The average molecular weight is 436 g/mol. The molecule has 2 aromatic heterocycles. The van der Waals surface area contributed by atoms with Crippen molar-refractivity contribution < 1.29 is 13.6 Å². The molecular weight excluding hydrogens is 418 g/mol. The summed E-state index contributed by atoms with van der Waals surface area (Å²) in [6.45, 7) is 0. The largest absolute Gasteiger partial charge is 0.317 e. The van der Waals surface area contributed by atoms with E-state index in [0.29, 0.717) is 0 Å². The fourth-order valence-corrected chi connectivity index (χ4v) is 4.86. The van der Waals surface area contributed by atoms with Crippen LogP contribution in [0.25, 0.3) is 21.6 Å². The zero-order chi connectivity index (χ0) is 21.5. The summed E-state index contributed by atoms with van der Waals surface area (Å²) in [6.07, 6.45) is 6.42. The highest BCUT2D eigenvalue weighted by Gasteiger charge is 2.23. The molecule has 2 aromatic carbocycles.